The highest BCUT2D eigenvalue weighted by molar-refractivity contribution is 8.13. The Morgan fingerprint density at radius 3 is 2.61 bits per heavy atom. The Morgan fingerprint density at radius 1 is 1.14 bits per heavy atom. The summed E-state index contributed by atoms with van der Waals surface area (Å²) >= 11 is 7.24. The highest BCUT2D eigenvalue weighted by Gasteiger charge is 2.15. The molecule has 0 atom stereocenters. The van der Waals surface area contributed by atoms with Crippen LogP contribution in [0, 0.1) is 0 Å². The largest absolute Gasteiger partial charge is 0.339 e. The topological polar surface area (TPSA) is 67.2 Å². The predicted molar refractivity (Wildman–Crippen MR) is 112 cm³/mol. The van der Waals surface area contributed by atoms with Gasteiger partial charge in [0.1, 0.15) is 0 Å². The number of hydrogen-bond donors (Lipinski definition) is 1. The number of aromatic nitrogens is 2. The number of nitrogens with zero attached hydrogens (tertiary/aromatic N) is 3. The summed E-state index contributed by atoms with van der Waals surface area (Å²) in [6, 6.07) is 14.7. The quantitative estimate of drug-likeness (QED) is 0.619. The zero-order chi connectivity index (χ0) is 20.1. The molecule has 0 radical (unpaired) electrons. The van der Waals surface area contributed by atoms with Gasteiger partial charge in [-0.25, -0.2) is 0 Å². The third-order valence-electron chi connectivity index (χ3n) is 3.88. The summed E-state index contributed by atoms with van der Waals surface area (Å²) in [5.41, 5.74) is 1.92. The Labute approximate surface area is 172 Å². The summed E-state index contributed by atoms with van der Waals surface area (Å²) in [4.78, 5) is 26.8. The molecule has 3 rings (SSSR count). The molecule has 0 saturated heterocycles. The molecule has 144 valence electrons. The van der Waals surface area contributed by atoms with Gasteiger partial charge in [-0.1, -0.05) is 41.9 Å². The van der Waals surface area contributed by atoms with Crippen LogP contribution in [-0.2, 0) is 6.54 Å². The van der Waals surface area contributed by atoms with Crippen LogP contribution >= 0.6 is 23.4 Å². The van der Waals surface area contributed by atoms with Crippen molar-refractivity contribution in [3.05, 3.63) is 77.1 Å². The van der Waals surface area contributed by atoms with Crippen molar-refractivity contribution in [1.29, 1.82) is 0 Å². The first-order chi connectivity index (χ1) is 13.4. The zero-order valence-corrected chi connectivity index (χ0v) is 17.0. The number of halogens is 1. The molecule has 0 unspecified atom stereocenters. The first kappa shape index (κ1) is 20.0. The van der Waals surface area contributed by atoms with Crippen LogP contribution in [0.4, 0.5) is 10.5 Å². The minimum atomic E-state index is -0.296. The highest BCUT2D eigenvalue weighted by Crippen LogP contribution is 2.29. The maximum Gasteiger partial charge on any atom is 0.286 e. The van der Waals surface area contributed by atoms with E-state index < -0.39 is 0 Å². The number of carbonyl (C=O) groups is 2. The number of carbonyl (C=O) groups excluding carboxylic acids is 2. The van der Waals surface area contributed by atoms with E-state index in [4.69, 9.17) is 11.6 Å². The van der Waals surface area contributed by atoms with Gasteiger partial charge in [-0.15, -0.1) is 0 Å². The lowest BCUT2D eigenvalue weighted by molar-refractivity contribution is 0.102. The first-order valence-corrected chi connectivity index (χ1v) is 9.69. The lowest BCUT2D eigenvalue weighted by atomic mass is 10.2. The number of anilines is 1. The molecular formula is C20H19ClN4O2S. The Kier molecular flexibility index (Phi) is 6.38. The molecule has 2 amide bonds. The van der Waals surface area contributed by atoms with Crippen molar-refractivity contribution >= 4 is 40.2 Å². The summed E-state index contributed by atoms with van der Waals surface area (Å²) in [5, 5.41) is 7.63. The molecule has 6 nitrogen and oxygen atoms in total. The van der Waals surface area contributed by atoms with Gasteiger partial charge in [-0.05, 0) is 35.5 Å². The molecule has 0 saturated carbocycles. The standard InChI is InChI=1S/C20H19ClN4O2S/c1-24(2)20(27)28-18-10-6-5-9-17(18)23-19(26)15-11-22-25(13-15)12-14-7-3-4-8-16(14)21/h3-11,13H,12H2,1-2H3,(H,23,26). The Morgan fingerprint density at radius 2 is 1.86 bits per heavy atom. The van der Waals surface area contributed by atoms with Crippen LogP contribution in [0.1, 0.15) is 15.9 Å². The molecule has 0 aliphatic heterocycles. The van der Waals surface area contributed by atoms with Crippen LogP contribution in [-0.4, -0.2) is 39.9 Å². The van der Waals surface area contributed by atoms with E-state index in [1.165, 1.54) is 11.1 Å². The number of amides is 2. The van der Waals surface area contributed by atoms with E-state index in [1.807, 2.05) is 30.3 Å². The van der Waals surface area contributed by atoms with E-state index >= 15 is 0 Å². The van der Waals surface area contributed by atoms with Crippen molar-refractivity contribution in [1.82, 2.24) is 14.7 Å². The molecule has 2 aromatic carbocycles. The Bertz CT molecular complexity index is 1000. The fourth-order valence-electron chi connectivity index (χ4n) is 2.41. The van der Waals surface area contributed by atoms with Crippen LogP contribution in [0.15, 0.2) is 65.8 Å². The number of rotatable bonds is 5. The summed E-state index contributed by atoms with van der Waals surface area (Å²) in [7, 11) is 3.37. The average molecular weight is 415 g/mol. The van der Waals surface area contributed by atoms with Gasteiger partial charge in [-0.3, -0.25) is 14.3 Å². The third kappa shape index (κ3) is 4.94. The van der Waals surface area contributed by atoms with Gasteiger partial charge < -0.3 is 10.2 Å². The number of hydrogen-bond acceptors (Lipinski definition) is 4. The van der Waals surface area contributed by atoms with E-state index in [2.05, 4.69) is 10.4 Å². The smallest absolute Gasteiger partial charge is 0.286 e. The number of thioether (sulfide) groups is 1. The van der Waals surface area contributed by atoms with Crippen molar-refractivity contribution in [3.8, 4) is 0 Å². The number of para-hydroxylation sites is 1. The first-order valence-electron chi connectivity index (χ1n) is 8.49. The molecule has 0 aliphatic rings. The minimum Gasteiger partial charge on any atom is -0.339 e. The summed E-state index contributed by atoms with van der Waals surface area (Å²) in [6.45, 7) is 0.469. The second-order valence-corrected chi connectivity index (χ2v) is 7.63. The minimum absolute atomic E-state index is 0.116. The van der Waals surface area contributed by atoms with E-state index in [0.29, 0.717) is 27.7 Å². The molecule has 0 spiro atoms. The summed E-state index contributed by atoms with van der Waals surface area (Å²) in [6.07, 6.45) is 3.17. The molecule has 3 aromatic rings. The molecule has 0 aliphatic carbocycles. The lowest BCUT2D eigenvalue weighted by Gasteiger charge is -2.12. The lowest BCUT2D eigenvalue weighted by Crippen LogP contribution is -2.17. The average Bonchev–Trinajstić information content (AvgIpc) is 3.14. The maximum absolute atomic E-state index is 12.6. The summed E-state index contributed by atoms with van der Waals surface area (Å²) in [5.74, 6) is -0.296. The SMILES string of the molecule is CN(C)C(=O)Sc1ccccc1NC(=O)c1cnn(Cc2ccccc2Cl)c1. The van der Waals surface area contributed by atoms with Crippen molar-refractivity contribution in [2.24, 2.45) is 0 Å². The van der Waals surface area contributed by atoms with Gasteiger partial charge in [-0.2, -0.15) is 5.10 Å². The normalized spacial score (nSPS) is 10.5. The molecule has 1 aromatic heterocycles. The molecule has 1 heterocycles. The molecule has 0 fully saturated rings. The van der Waals surface area contributed by atoms with Crippen molar-refractivity contribution in [2.75, 3.05) is 19.4 Å². The van der Waals surface area contributed by atoms with Gasteiger partial charge in [0.15, 0.2) is 0 Å². The van der Waals surface area contributed by atoms with Gasteiger partial charge >= 0.3 is 0 Å². The van der Waals surface area contributed by atoms with Crippen molar-refractivity contribution < 1.29 is 9.59 Å². The fraction of sp³-hybridized carbons (Fsp3) is 0.150. The highest BCUT2D eigenvalue weighted by atomic mass is 35.5. The zero-order valence-electron chi connectivity index (χ0n) is 15.4. The third-order valence-corrected chi connectivity index (χ3v) is 5.37. The Balaban J connectivity index is 1.72. The van der Waals surface area contributed by atoms with Crippen LogP contribution < -0.4 is 5.32 Å². The second-order valence-electron chi connectivity index (χ2n) is 6.23. The van der Waals surface area contributed by atoms with Gasteiger partial charge in [0.25, 0.3) is 11.1 Å². The fourth-order valence-corrected chi connectivity index (χ4v) is 3.35. The van der Waals surface area contributed by atoms with E-state index in [-0.39, 0.29) is 11.1 Å². The van der Waals surface area contributed by atoms with Crippen molar-refractivity contribution in [3.63, 3.8) is 0 Å². The predicted octanol–water partition coefficient (Wildman–Crippen LogP) is 4.61. The van der Waals surface area contributed by atoms with Crippen LogP contribution in [0.5, 0.6) is 0 Å². The molecule has 1 N–H and O–H groups in total. The van der Waals surface area contributed by atoms with E-state index in [0.717, 1.165) is 17.3 Å². The maximum atomic E-state index is 12.6. The second kappa shape index (κ2) is 8.95. The van der Waals surface area contributed by atoms with Crippen LogP contribution in [0.25, 0.3) is 0 Å². The van der Waals surface area contributed by atoms with Crippen LogP contribution in [0.3, 0.4) is 0 Å². The van der Waals surface area contributed by atoms with Crippen LogP contribution in [0.2, 0.25) is 5.02 Å². The molecule has 8 heteroatoms. The molecule has 0 bridgehead atoms. The molecular weight excluding hydrogens is 396 g/mol. The summed E-state index contributed by atoms with van der Waals surface area (Å²) < 4.78 is 1.66. The van der Waals surface area contributed by atoms with Gasteiger partial charge in [0, 0.05) is 30.2 Å². The van der Waals surface area contributed by atoms with Gasteiger partial charge in [0.2, 0.25) is 0 Å². The number of nitrogens with one attached hydrogen (secondary N) is 1. The monoisotopic (exact) mass is 414 g/mol. The van der Waals surface area contributed by atoms with Gasteiger partial charge in [0.05, 0.1) is 24.0 Å². The van der Waals surface area contributed by atoms with E-state index in [9.17, 15) is 9.59 Å². The Hall–Kier alpha value is -2.77. The number of benzene rings is 2. The van der Waals surface area contributed by atoms with Crippen molar-refractivity contribution in [2.45, 2.75) is 11.4 Å². The van der Waals surface area contributed by atoms with E-state index in [1.54, 1.807) is 43.2 Å². The molecule has 28 heavy (non-hydrogen) atoms.